The molecular formula is C18H25NO2. The molecule has 1 atom stereocenters. The van der Waals surface area contributed by atoms with E-state index in [4.69, 9.17) is 4.74 Å². The maximum atomic E-state index is 12.5. The van der Waals surface area contributed by atoms with E-state index in [2.05, 4.69) is 29.6 Å². The van der Waals surface area contributed by atoms with Crippen molar-refractivity contribution >= 4 is 5.91 Å². The molecule has 0 aromatic heterocycles. The standard InChI is InChI=1S/C18H25NO2/c1-21-13-18(10-4-5-11-18)19-17(20)12-15-9-8-14-6-2-3-7-16(14)15/h2-3,6-7,15H,4-5,8-13H2,1H3,(H,19,20)/t15-/m1/s1. The highest BCUT2D eigenvalue weighted by atomic mass is 16.5. The van der Waals surface area contributed by atoms with Crippen molar-refractivity contribution in [3.8, 4) is 0 Å². The van der Waals surface area contributed by atoms with Crippen LogP contribution in [0.25, 0.3) is 0 Å². The number of carbonyl (C=O) groups is 1. The van der Waals surface area contributed by atoms with Crippen molar-refractivity contribution in [1.29, 1.82) is 0 Å². The van der Waals surface area contributed by atoms with E-state index in [-0.39, 0.29) is 11.4 Å². The molecule has 2 aliphatic carbocycles. The lowest BCUT2D eigenvalue weighted by atomic mass is 9.95. The van der Waals surface area contributed by atoms with Gasteiger partial charge in [-0.1, -0.05) is 37.1 Å². The summed E-state index contributed by atoms with van der Waals surface area (Å²) >= 11 is 0. The quantitative estimate of drug-likeness (QED) is 0.903. The summed E-state index contributed by atoms with van der Waals surface area (Å²) < 4.78 is 5.34. The fourth-order valence-corrected chi connectivity index (χ4v) is 4.06. The van der Waals surface area contributed by atoms with Crippen LogP contribution in [-0.4, -0.2) is 25.2 Å². The second kappa shape index (κ2) is 6.18. The first kappa shape index (κ1) is 14.6. The van der Waals surface area contributed by atoms with Crippen LogP contribution in [0.4, 0.5) is 0 Å². The lowest BCUT2D eigenvalue weighted by molar-refractivity contribution is -0.124. The molecular weight excluding hydrogens is 262 g/mol. The van der Waals surface area contributed by atoms with E-state index in [1.807, 2.05) is 0 Å². The van der Waals surface area contributed by atoms with Gasteiger partial charge in [-0.15, -0.1) is 0 Å². The van der Waals surface area contributed by atoms with Gasteiger partial charge in [-0.3, -0.25) is 4.79 Å². The van der Waals surface area contributed by atoms with Gasteiger partial charge in [0.05, 0.1) is 12.1 Å². The van der Waals surface area contributed by atoms with Crippen LogP contribution in [0.1, 0.15) is 55.6 Å². The molecule has 0 saturated heterocycles. The minimum absolute atomic E-state index is 0.107. The number of rotatable bonds is 5. The van der Waals surface area contributed by atoms with Crippen LogP contribution < -0.4 is 5.32 Å². The highest BCUT2D eigenvalue weighted by Gasteiger charge is 2.36. The topological polar surface area (TPSA) is 38.3 Å². The summed E-state index contributed by atoms with van der Waals surface area (Å²) in [5.41, 5.74) is 2.69. The van der Waals surface area contributed by atoms with Gasteiger partial charge in [0.15, 0.2) is 0 Å². The van der Waals surface area contributed by atoms with Crippen LogP contribution in [0.5, 0.6) is 0 Å². The summed E-state index contributed by atoms with van der Waals surface area (Å²) in [5.74, 6) is 0.581. The van der Waals surface area contributed by atoms with Gasteiger partial charge < -0.3 is 10.1 Å². The van der Waals surface area contributed by atoms with E-state index >= 15 is 0 Å². The molecule has 0 unspecified atom stereocenters. The van der Waals surface area contributed by atoms with Gasteiger partial charge in [-0.2, -0.15) is 0 Å². The fourth-order valence-electron chi connectivity index (χ4n) is 4.06. The average Bonchev–Trinajstić information content (AvgIpc) is 3.08. The highest BCUT2D eigenvalue weighted by Crippen LogP contribution is 2.36. The van der Waals surface area contributed by atoms with Crippen LogP contribution in [0, 0.1) is 0 Å². The van der Waals surface area contributed by atoms with Gasteiger partial charge in [0.2, 0.25) is 5.91 Å². The Morgan fingerprint density at radius 3 is 2.86 bits per heavy atom. The molecule has 3 heteroatoms. The molecule has 0 bridgehead atoms. The van der Waals surface area contributed by atoms with E-state index in [9.17, 15) is 4.79 Å². The summed E-state index contributed by atoms with van der Waals surface area (Å²) in [4.78, 5) is 12.5. The van der Waals surface area contributed by atoms with Crippen LogP contribution >= 0.6 is 0 Å². The van der Waals surface area contributed by atoms with Gasteiger partial charge in [-0.25, -0.2) is 0 Å². The summed E-state index contributed by atoms with van der Waals surface area (Å²) in [6, 6.07) is 8.54. The number of hydrogen-bond donors (Lipinski definition) is 1. The van der Waals surface area contributed by atoms with Gasteiger partial charge in [0, 0.05) is 13.5 Å². The third-order valence-electron chi connectivity index (χ3n) is 5.07. The number of fused-ring (bicyclic) bond motifs is 1. The van der Waals surface area contributed by atoms with Gasteiger partial charge >= 0.3 is 0 Å². The maximum absolute atomic E-state index is 12.5. The number of amides is 1. The second-order valence-electron chi connectivity index (χ2n) is 6.61. The molecule has 114 valence electrons. The maximum Gasteiger partial charge on any atom is 0.221 e. The summed E-state index contributed by atoms with van der Waals surface area (Å²) in [7, 11) is 1.72. The second-order valence-corrected chi connectivity index (χ2v) is 6.61. The smallest absolute Gasteiger partial charge is 0.221 e. The normalized spacial score (nSPS) is 23.0. The summed E-state index contributed by atoms with van der Waals surface area (Å²) in [6.45, 7) is 0.639. The Morgan fingerprint density at radius 1 is 1.33 bits per heavy atom. The van der Waals surface area contributed by atoms with Crippen molar-refractivity contribution in [3.63, 3.8) is 0 Å². The van der Waals surface area contributed by atoms with E-state index in [0.29, 0.717) is 18.9 Å². The number of hydrogen-bond acceptors (Lipinski definition) is 2. The molecule has 0 radical (unpaired) electrons. The molecule has 0 spiro atoms. The van der Waals surface area contributed by atoms with Crippen molar-refractivity contribution in [2.24, 2.45) is 0 Å². The summed E-state index contributed by atoms with van der Waals surface area (Å²) in [5, 5.41) is 3.29. The van der Waals surface area contributed by atoms with E-state index in [1.165, 1.54) is 24.0 Å². The predicted octanol–water partition coefficient (Wildman–Crippen LogP) is 3.18. The van der Waals surface area contributed by atoms with Crippen LogP contribution in [-0.2, 0) is 16.0 Å². The van der Waals surface area contributed by atoms with Crippen molar-refractivity contribution in [2.75, 3.05) is 13.7 Å². The Morgan fingerprint density at radius 2 is 2.10 bits per heavy atom. The highest BCUT2D eigenvalue weighted by molar-refractivity contribution is 5.78. The first-order chi connectivity index (χ1) is 10.2. The first-order valence-corrected chi connectivity index (χ1v) is 8.10. The number of benzene rings is 1. The van der Waals surface area contributed by atoms with Crippen molar-refractivity contribution in [1.82, 2.24) is 5.32 Å². The largest absolute Gasteiger partial charge is 0.382 e. The molecule has 3 nitrogen and oxygen atoms in total. The van der Waals surface area contributed by atoms with E-state index < -0.39 is 0 Å². The van der Waals surface area contributed by atoms with Crippen LogP contribution in [0.15, 0.2) is 24.3 Å². The molecule has 1 aromatic rings. The van der Waals surface area contributed by atoms with Gasteiger partial charge in [0.1, 0.15) is 0 Å². The molecule has 1 amide bonds. The molecule has 2 aliphatic rings. The lowest BCUT2D eigenvalue weighted by Crippen LogP contribution is -2.49. The number of aryl methyl sites for hydroxylation is 1. The SMILES string of the molecule is COCC1(NC(=O)C[C@H]2CCc3ccccc32)CCCC1. The van der Waals surface area contributed by atoms with Crippen LogP contribution in [0.3, 0.4) is 0 Å². The monoisotopic (exact) mass is 287 g/mol. The van der Waals surface area contributed by atoms with Gasteiger partial charge in [0.25, 0.3) is 0 Å². The van der Waals surface area contributed by atoms with E-state index in [0.717, 1.165) is 25.7 Å². The molecule has 1 saturated carbocycles. The van der Waals surface area contributed by atoms with Crippen LogP contribution in [0.2, 0.25) is 0 Å². The average molecular weight is 287 g/mol. The Hall–Kier alpha value is -1.35. The number of ether oxygens (including phenoxy) is 1. The van der Waals surface area contributed by atoms with E-state index in [1.54, 1.807) is 7.11 Å². The Bertz CT molecular complexity index is 506. The zero-order chi connectivity index (χ0) is 14.7. The van der Waals surface area contributed by atoms with Crippen molar-refractivity contribution in [3.05, 3.63) is 35.4 Å². The lowest BCUT2D eigenvalue weighted by Gasteiger charge is -2.30. The minimum Gasteiger partial charge on any atom is -0.382 e. The zero-order valence-corrected chi connectivity index (χ0v) is 12.9. The molecule has 3 rings (SSSR count). The Balaban J connectivity index is 1.62. The molecule has 21 heavy (non-hydrogen) atoms. The Kier molecular flexibility index (Phi) is 4.29. The Labute approximate surface area is 127 Å². The number of carbonyl (C=O) groups excluding carboxylic acids is 1. The molecule has 1 fully saturated rings. The molecule has 1 aromatic carbocycles. The first-order valence-electron chi connectivity index (χ1n) is 8.10. The van der Waals surface area contributed by atoms with Crippen molar-refractivity contribution < 1.29 is 9.53 Å². The third kappa shape index (κ3) is 3.13. The summed E-state index contributed by atoms with van der Waals surface area (Å²) in [6.07, 6.45) is 7.30. The number of methoxy groups -OCH3 is 1. The molecule has 0 aliphatic heterocycles. The van der Waals surface area contributed by atoms with Crippen molar-refractivity contribution in [2.45, 2.75) is 56.4 Å². The zero-order valence-electron chi connectivity index (χ0n) is 12.9. The molecule has 1 N–H and O–H groups in total. The van der Waals surface area contributed by atoms with Gasteiger partial charge in [-0.05, 0) is 42.7 Å². The predicted molar refractivity (Wildman–Crippen MR) is 83.3 cm³/mol. The minimum atomic E-state index is -0.107. The third-order valence-corrected chi connectivity index (χ3v) is 5.07. The molecule has 0 heterocycles. The fraction of sp³-hybridized carbons (Fsp3) is 0.611. The number of nitrogens with one attached hydrogen (secondary N) is 1.